The number of methoxy groups -OCH3 is 1. The summed E-state index contributed by atoms with van der Waals surface area (Å²) in [7, 11) is 1.43. The molecule has 1 aromatic heterocycles. The minimum Gasteiger partial charge on any atom is -0.383 e. The molecule has 2 aromatic rings. The van der Waals surface area contributed by atoms with Gasteiger partial charge in [-0.2, -0.15) is 0 Å². The van der Waals surface area contributed by atoms with E-state index in [1.165, 1.54) is 17.7 Å². The van der Waals surface area contributed by atoms with Crippen molar-refractivity contribution in [2.24, 2.45) is 5.92 Å². The Morgan fingerprint density at radius 3 is 2.61 bits per heavy atom. The molecule has 2 rings (SSSR count). The first-order valence-electron chi connectivity index (χ1n) is 10.2. The maximum absolute atomic E-state index is 13.2. The average Bonchev–Trinajstić information content (AvgIpc) is 2.73. The zero-order valence-corrected chi connectivity index (χ0v) is 19.4. The SMILES string of the molecule is COCCN(C(=O)CCC(=O)Nc1ccc(F)cc1Cl)c1c(N)n(CC(C)C)c(=O)[nH]c1=O. The number of aromatic amines is 1. The summed E-state index contributed by atoms with van der Waals surface area (Å²) in [5.41, 5.74) is 4.64. The second-order valence-electron chi connectivity index (χ2n) is 7.71. The van der Waals surface area contributed by atoms with Crippen LogP contribution in [-0.4, -0.2) is 41.6 Å². The number of hydrogen-bond donors (Lipinski definition) is 3. The lowest BCUT2D eigenvalue weighted by Gasteiger charge is -2.24. The summed E-state index contributed by atoms with van der Waals surface area (Å²) in [6.45, 7) is 4.05. The summed E-state index contributed by atoms with van der Waals surface area (Å²) in [5, 5.41) is 2.52. The molecule has 0 saturated heterocycles. The van der Waals surface area contributed by atoms with Crippen molar-refractivity contribution in [2.75, 3.05) is 36.2 Å². The molecule has 4 N–H and O–H groups in total. The number of ether oxygens (including phenoxy) is 1. The third-order valence-electron chi connectivity index (χ3n) is 4.62. The molecule has 0 atom stereocenters. The Morgan fingerprint density at radius 2 is 2.00 bits per heavy atom. The summed E-state index contributed by atoms with van der Waals surface area (Å²) in [6, 6.07) is 3.50. The number of hydrogen-bond acceptors (Lipinski definition) is 6. The molecule has 1 heterocycles. The molecule has 0 radical (unpaired) electrons. The van der Waals surface area contributed by atoms with Crippen LogP contribution >= 0.6 is 11.6 Å². The van der Waals surface area contributed by atoms with Gasteiger partial charge in [-0.25, -0.2) is 9.18 Å². The van der Waals surface area contributed by atoms with Gasteiger partial charge in [-0.3, -0.25) is 23.9 Å². The number of carbonyl (C=O) groups excluding carboxylic acids is 2. The molecule has 33 heavy (non-hydrogen) atoms. The first-order valence-corrected chi connectivity index (χ1v) is 10.6. The lowest BCUT2D eigenvalue weighted by Crippen LogP contribution is -2.43. The van der Waals surface area contributed by atoms with Gasteiger partial charge >= 0.3 is 5.69 Å². The quantitative estimate of drug-likeness (QED) is 0.472. The van der Waals surface area contributed by atoms with E-state index in [4.69, 9.17) is 22.1 Å². The Balaban J connectivity index is 2.24. The van der Waals surface area contributed by atoms with Crippen LogP contribution in [0.3, 0.4) is 0 Å². The molecule has 0 fully saturated rings. The van der Waals surface area contributed by atoms with Crippen LogP contribution in [0.5, 0.6) is 0 Å². The summed E-state index contributed by atoms with van der Waals surface area (Å²) in [6.07, 6.45) is -0.504. The predicted molar refractivity (Wildman–Crippen MR) is 124 cm³/mol. The van der Waals surface area contributed by atoms with Crippen molar-refractivity contribution in [3.63, 3.8) is 0 Å². The van der Waals surface area contributed by atoms with Crippen LogP contribution in [0.15, 0.2) is 27.8 Å². The van der Waals surface area contributed by atoms with Gasteiger partial charge in [0.2, 0.25) is 11.8 Å². The maximum Gasteiger partial charge on any atom is 0.330 e. The van der Waals surface area contributed by atoms with Gasteiger partial charge in [0.25, 0.3) is 5.56 Å². The Labute approximate surface area is 194 Å². The smallest absolute Gasteiger partial charge is 0.330 e. The van der Waals surface area contributed by atoms with E-state index in [0.717, 1.165) is 17.0 Å². The van der Waals surface area contributed by atoms with Gasteiger partial charge in [-0.15, -0.1) is 0 Å². The van der Waals surface area contributed by atoms with Gasteiger partial charge < -0.3 is 20.7 Å². The van der Waals surface area contributed by atoms with Gasteiger partial charge in [0.05, 0.1) is 17.3 Å². The van der Waals surface area contributed by atoms with Crippen LogP contribution in [0.1, 0.15) is 26.7 Å². The van der Waals surface area contributed by atoms with E-state index in [1.54, 1.807) is 0 Å². The number of benzene rings is 1. The lowest BCUT2D eigenvalue weighted by molar-refractivity contribution is -0.122. The van der Waals surface area contributed by atoms with E-state index in [1.807, 2.05) is 13.8 Å². The number of nitrogens with two attached hydrogens (primary N) is 1. The summed E-state index contributed by atoms with van der Waals surface area (Å²) >= 11 is 5.90. The van der Waals surface area contributed by atoms with Crippen LogP contribution in [0.25, 0.3) is 0 Å². The average molecular weight is 484 g/mol. The molecule has 2 amide bonds. The van der Waals surface area contributed by atoms with Crippen molar-refractivity contribution >= 4 is 40.6 Å². The molecule has 0 saturated carbocycles. The van der Waals surface area contributed by atoms with Crippen molar-refractivity contribution in [3.05, 3.63) is 49.9 Å². The van der Waals surface area contributed by atoms with Gasteiger partial charge in [0, 0.05) is 33.0 Å². The fraction of sp³-hybridized carbons (Fsp3) is 0.429. The van der Waals surface area contributed by atoms with Crippen molar-refractivity contribution in [2.45, 2.75) is 33.2 Å². The first-order chi connectivity index (χ1) is 15.5. The Kier molecular flexibility index (Phi) is 9.18. The van der Waals surface area contributed by atoms with Crippen LogP contribution in [-0.2, 0) is 20.9 Å². The highest BCUT2D eigenvalue weighted by Crippen LogP contribution is 2.23. The van der Waals surface area contributed by atoms with Gasteiger partial charge in [-0.1, -0.05) is 25.4 Å². The molecule has 180 valence electrons. The van der Waals surface area contributed by atoms with Crippen LogP contribution < -0.4 is 27.2 Å². The molecule has 12 heteroatoms. The second kappa shape index (κ2) is 11.6. The normalized spacial score (nSPS) is 11.0. The van der Waals surface area contributed by atoms with Crippen LogP contribution in [0, 0.1) is 11.7 Å². The number of nitrogen functional groups attached to an aromatic ring is 1. The number of nitrogens with one attached hydrogen (secondary N) is 2. The first kappa shape index (κ1) is 26.1. The van der Waals surface area contributed by atoms with Crippen molar-refractivity contribution in [3.8, 4) is 0 Å². The predicted octanol–water partition coefficient (Wildman–Crippen LogP) is 1.97. The van der Waals surface area contributed by atoms with Gasteiger partial charge in [-0.05, 0) is 24.1 Å². The highest BCUT2D eigenvalue weighted by Gasteiger charge is 2.25. The van der Waals surface area contributed by atoms with Crippen LogP contribution in [0.2, 0.25) is 5.02 Å². The lowest BCUT2D eigenvalue weighted by atomic mass is 10.2. The molecular weight excluding hydrogens is 457 g/mol. The van der Waals surface area contributed by atoms with E-state index in [2.05, 4.69) is 10.3 Å². The van der Waals surface area contributed by atoms with E-state index in [-0.39, 0.29) is 60.7 Å². The van der Waals surface area contributed by atoms with E-state index in [9.17, 15) is 23.6 Å². The van der Waals surface area contributed by atoms with E-state index in [0.29, 0.717) is 0 Å². The molecule has 0 spiro atoms. The molecule has 0 unspecified atom stereocenters. The topological polar surface area (TPSA) is 140 Å². The van der Waals surface area contributed by atoms with Gasteiger partial charge in [0.15, 0.2) is 5.69 Å². The minimum absolute atomic E-state index is 0.0168. The Hall–Kier alpha value is -3.18. The molecule has 0 aliphatic heterocycles. The minimum atomic E-state index is -0.815. The van der Waals surface area contributed by atoms with E-state index >= 15 is 0 Å². The molecule has 1 aromatic carbocycles. The summed E-state index contributed by atoms with van der Waals surface area (Å²) in [4.78, 5) is 53.3. The fourth-order valence-electron chi connectivity index (χ4n) is 3.09. The summed E-state index contributed by atoms with van der Waals surface area (Å²) < 4.78 is 19.4. The molecular formula is C21H27ClFN5O5. The second-order valence-corrected chi connectivity index (χ2v) is 8.12. The number of nitrogens with zero attached hydrogens (tertiary/aromatic N) is 2. The number of halogens is 2. The zero-order chi connectivity index (χ0) is 24.7. The number of anilines is 3. The molecule has 0 bridgehead atoms. The highest BCUT2D eigenvalue weighted by molar-refractivity contribution is 6.33. The highest BCUT2D eigenvalue weighted by atomic mass is 35.5. The fourth-order valence-corrected chi connectivity index (χ4v) is 3.30. The number of H-pyrrole nitrogens is 1. The number of carbonyl (C=O) groups is 2. The van der Waals surface area contributed by atoms with E-state index < -0.39 is 28.9 Å². The molecule has 0 aliphatic carbocycles. The number of rotatable bonds is 10. The van der Waals surface area contributed by atoms with Crippen molar-refractivity contribution in [1.82, 2.24) is 9.55 Å². The van der Waals surface area contributed by atoms with Crippen molar-refractivity contribution in [1.29, 1.82) is 0 Å². The number of aromatic nitrogens is 2. The maximum atomic E-state index is 13.2. The largest absolute Gasteiger partial charge is 0.383 e. The van der Waals surface area contributed by atoms with Gasteiger partial charge in [0.1, 0.15) is 11.6 Å². The standard InChI is InChI=1S/C21H27ClFN5O5/c1-12(2)11-28-19(24)18(20(31)26-21(28)32)27(8-9-33-3)17(30)7-6-16(29)25-15-5-4-13(23)10-14(15)22/h4-5,10,12H,6-9,11,24H2,1-3H3,(H,25,29)(H,26,31,32). The monoisotopic (exact) mass is 483 g/mol. The van der Waals surface area contributed by atoms with Crippen LogP contribution in [0.4, 0.5) is 21.6 Å². The Bertz CT molecular complexity index is 1130. The molecule has 10 nitrogen and oxygen atoms in total. The van der Waals surface area contributed by atoms with Crippen molar-refractivity contribution < 1.29 is 18.7 Å². The zero-order valence-electron chi connectivity index (χ0n) is 18.6. The summed E-state index contributed by atoms with van der Waals surface area (Å²) in [5.74, 6) is -1.75. The molecule has 0 aliphatic rings. The number of amides is 2. The third kappa shape index (κ3) is 6.90. The third-order valence-corrected chi connectivity index (χ3v) is 4.94. The Morgan fingerprint density at radius 1 is 1.30 bits per heavy atom.